The van der Waals surface area contributed by atoms with Crippen molar-refractivity contribution >= 4 is 63.9 Å². The summed E-state index contributed by atoms with van der Waals surface area (Å²) < 4.78 is 0. The summed E-state index contributed by atoms with van der Waals surface area (Å²) in [5, 5.41) is 21.1. The Morgan fingerprint density at radius 1 is 1.43 bits per heavy atom. The van der Waals surface area contributed by atoms with Crippen molar-refractivity contribution in [3.63, 3.8) is 0 Å². The first-order chi connectivity index (χ1) is 16.9. The number of thioether (sulfide) groups is 1. The highest BCUT2D eigenvalue weighted by atomic mass is 32.2. The summed E-state index contributed by atoms with van der Waals surface area (Å²) in [7, 11) is 1.28. The second kappa shape index (κ2) is 9.12. The van der Waals surface area contributed by atoms with Crippen molar-refractivity contribution in [1.82, 2.24) is 25.2 Å². The van der Waals surface area contributed by atoms with Gasteiger partial charge in [0.2, 0.25) is 5.96 Å². The molecule has 2 atom stereocenters. The number of nitrogens with zero attached hydrogens (tertiary/aromatic N) is 7. The van der Waals surface area contributed by atoms with Gasteiger partial charge in [-0.15, -0.1) is 23.1 Å². The quantitative estimate of drug-likeness (QED) is 0.237. The van der Waals surface area contributed by atoms with E-state index in [2.05, 4.69) is 25.4 Å². The number of amides is 2. The highest BCUT2D eigenvalue weighted by molar-refractivity contribution is 8.00. The molecule has 4 aliphatic rings. The number of oxime groups is 1. The molecule has 1 aromatic rings. The number of aliphatic carboxylic acids is 1. The molecule has 16 heteroatoms. The Morgan fingerprint density at radius 3 is 2.97 bits per heavy atom. The minimum Gasteiger partial charge on any atom is -0.477 e. The van der Waals surface area contributed by atoms with Crippen molar-refractivity contribution in [1.29, 1.82) is 0 Å². The highest BCUT2D eigenvalue weighted by Gasteiger charge is 2.54. The number of rotatable bonds is 7. The van der Waals surface area contributed by atoms with E-state index >= 15 is 0 Å². The lowest BCUT2D eigenvalue weighted by molar-refractivity contribution is -0.150. The van der Waals surface area contributed by atoms with Crippen LogP contribution in [0.1, 0.15) is 5.69 Å². The molecule has 5 heterocycles. The Hall–Kier alpha value is -3.76. The fourth-order valence-electron chi connectivity index (χ4n) is 3.96. The predicted octanol–water partition coefficient (Wildman–Crippen LogP) is -0.741. The molecule has 1 fully saturated rings. The lowest BCUT2D eigenvalue weighted by Gasteiger charge is -2.49. The predicted molar refractivity (Wildman–Crippen MR) is 128 cm³/mol. The minimum atomic E-state index is -1.21. The number of hydrazine groups is 1. The molecule has 1 saturated heterocycles. The van der Waals surface area contributed by atoms with Crippen LogP contribution < -0.4 is 11.1 Å². The maximum absolute atomic E-state index is 13.0. The van der Waals surface area contributed by atoms with E-state index in [4.69, 9.17) is 10.6 Å². The van der Waals surface area contributed by atoms with Crippen molar-refractivity contribution in [3.05, 3.63) is 34.6 Å². The van der Waals surface area contributed by atoms with Crippen molar-refractivity contribution in [3.8, 4) is 0 Å². The molecular weight excluding hydrogens is 498 g/mol. The molecule has 2 amide bonds. The molecule has 0 aliphatic carbocycles. The Kier molecular flexibility index (Phi) is 6.00. The number of carbonyl (C=O) groups is 3. The van der Waals surface area contributed by atoms with Crippen LogP contribution >= 0.6 is 23.1 Å². The minimum absolute atomic E-state index is 0.0831. The van der Waals surface area contributed by atoms with E-state index in [0.29, 0.717) is 24.0 Å². The fraction of sp³-hybridized carbons (Fsp3) is 0.316. The Labute approximate surface area is 206 Å². The van der Waals surface area contributed by atoms with E-state index in [1.165, 1.54) is 23.8 Å². The van der Waals surface area contributed by atoms with Gasteiger partial charge in [0.05, 0.1) is 0 Å². The summed E-state index contributed by atoms with van der Waals surface area (Å²) in [6, 6.07) is -0.928. The van der Waals surface area contributed by atoms with Gasteiger partial charge in [-0.25, -0.2) is 24.8 Å². The van der Waals surface area contributed by atoms with Crippen LogP contribution in [0.5, 0.6) is 0 Å². The van der Waals surface area contributed by atoms with E-state index < -0.39 is 29.2 Å². The summed E-state index contributed by atoms with van der Waals surface area (Å²) in [4.78, 5) is 56.5. The molecule has 4 N–H and O–H groups in total. The number of fused-ring (bicyclic) bond motifs is 2. The maximum atomic E-state index is 13.0. The average molecular weight is 518 g/mol. The van der Waals surface area contributed by atoms with Gasteiger partial charge in [-0.3, -0.25) is 14.5 Å². The van der Waals surface area contributed by atoms with Gasteiger partial charge in [0.15, 0.2) is 10.8 Å². The van der Waals surface area contributed by atoms with Crippen LogP contribution in [0.15, 0.2) is 44.1 Å². The number of nitrogen functional groups attached to an aromatic ring is 1. The molecular formula is C19H19N9O5S2. The monoisotopic (exact) mass is 517 g/mol. The van der Waals surface area contributed by atoms with Crippen molar-refractivity contribution in [2.45, 2.75) is 11.4 Å². The largest absolute Gasteiger partial charge is 0.477 e. The van der Waals surface area contributed by atoms with Gasteiger partial charge in [0.25, 0.3) is 11.8 Å². The first-order valence-electron chi connectivity index (χ1n) is 10.2. The van der Waals surface area contributed by atoms with Crippen molar-refractivity contribution in [2.24, 2.45) is 15.1 Å². The zero-order valence-electron chi connectivity index (χ0n) is 18.2. The smallest absolute Gasteiger partial charge is 0.352 e. The third-order valence-electron chi connectivity index (χ3n) is 5.46. The number of carboxylic acid groups (broad SMARTS) is 1. The normalized spacial score (nSPS) is 23.6. The zero-order chi connectivity index (χ0) is 24.7. The second-order valence-electron chi connectivity index (χ2n) is 7.54. The number of anilines is 1. The number of aromatic nitrogens is 1. The summed E-state index contributed by atoms with van der Waals surface area (Å²) in [6.45, 7) is 0.571. The summed E-state index contributed by atoms with van der Waals surface area (Å²) in [5.74, 6) is -1.54. The molecule has 5 rings (SSSR count). The summed E-state index contributed by atoms with van der Waals surface area (Å²) >= 11 is 2.50. The standard InChI is InChI=1S/C19H19N9O5S2/c1-33-25-11(10-7-35-18(20)23-10)14(29)24-12-15(30)28-13(17(31)32)9(6-34-16(12)28)5-26-8-22-19-21-3-2-4-27(19)26/h2-4,7,12,16H,5-6,8H2,1H3,(H2,20,23)(H,24,29)(H,31,32)/b25-11-/t12-,16+/m1/s1. The SMILES string of the molecule is CO/N=C(\C(=O)N[C@@H]1C(=O)N2C(C(=O)O)=C(CN3CN=C4N=CC=CN43)CS[C@@H]12)c1csc(N)n1. The Balaban J connectivity index is 1.32. The number of nitrogens with two attached hydrogens (primary N) is 1. The molecule has 4 aliphatic heterocycles. The lowest BCUT2D eigenvalue weighted by atomic mass is 10.0. The molecule has 35 heavy (non-hydrogen) atoms. The van der Waals surface area contributed by atoms with Crippen LogP contribution in [-0.2, 0) is 19.2 Å². The van der Waals surface area contributed by atoms with E-state index in [1.807, 2.05) is 5.01 Å². The molecule has 0 unspecified atom stereocenters. The number of carbonyl (C=O) groups excluding carboxylic acids is 2. The van der Waals surface area contributed by atoms with Crippen molar-refractivity contribution in [2.75, 3.05) is 31.8 Å². The molecule has 0 radical (unpaired) electrons. The van der Waals surface area contributed by atoms with Crippen LogP contribution in [0, 0.1) is 0 Å². The van der Waals surface area contributed by atoms with Gasteiger partial charge in [0.1, 0.15) is 36.6 Å². The molecule has 14 nitrogen and oxygen atoms in total. The van der Waals surface area contributed by atoms with E-state index in [0.717, 1.165) is 11.3 Å². The molecule has 0 saturated carbocycles. The Morgan fingerprint density at radius 2 is 2.26 bits per heavy atom. The first-order valence-corrected chi connectivity index (χ1v) is 12.1. The third-order valence-corrected chi connectivity index (χ3v) is 7.47. The van der Waals surface area contributed by atoms with Crippen LogP contribution in [0.2, 0.25) is 0 Å². The van der Waals surface area contributed by atoms with Crippen LogP contribution in [0.3, 0.4) is 0 Å². The fourth-order valence-corrected chi connectivity index (χ4v) is 5.84. The lowest BCUT2D eigenvalue weighted by Crippen LogP contribution is -2.71. The number of allylic oxidation sites excluding steroid dienone is 1. The number of nitrogens with one attached hydrogen (secondary N) is 1. The van der Waals surface area contributed by atoms with E-state index in [1.54, 1.807) is 28.9 Å². The van der Waals surface area contributed by atoms with E-state index in [9.17, 15) is 19.5 Å². The number of guanidine groups is 1. The molecule has 182 valence electrons. The van der Waals surface area contributed by atoms with Crippen molar-refractivity contribution < 1.29 is 24.3 Å². The summed E-state index contributed by atoms with van der Waals surface area (Å²) in [6.07, 6.45) is 5.16. The number of carboxylic acids is 1. The van der Waals surface area contributed by atoms with Gasteiger partial charge >= 0.3 is 5.97 Å². The summed E-state index contributed by atoms with van der Waals surface area (Å²) in [5.41, 5.74) is 6.20. The van der Waals surface area contributed by atoms with Gasteiger partial charge in [0, 0.05) is 30.1 Å². The van der Waals surface area contributed by atoms with Crippen LogP contribution in [-0.4, -0.2) is 98.2 Å². The number of thiazole rings is 1. The van der Waals surface area contributed by atoms with Gasteiger partial charge < -0.3 is 21.0 Å². The molecule has 0 aromatic carbocycles. The highest BCUT2D eigenvalue weighted by Crippen LogP contribution is 2.40. The third kappa shape index (κ3) is 4.04. The number of aliphatic imine (C=N–C) groups is 2. The molecule has 0 spiro atoms. The average Bonchev–Trinajstić information content (AvgIpc) is 3.46. The zero-order valence-corrected chi connectivity index (χ0v) is 19.8. The van der Waals surface area contributed by atoms with E-state index in [-0.39, 0.29) is 28.8 Å². The number of hydrogen-bond donors (Lipinski definition) is 3. The van der Waals surface area contributed by atoms with Gasteiger partial charge in [-0.2, -0.15) is 5.01 Å². The second-order valence-corrected chi connectivity index (χ2v) is 9.53. The molecule has 1 aromatic heterocycles. The molecule has 0 bridgehead atoms. The number of β-lactam (4-membered cyclic amide) rings is 1. The van der Waals surface area contributed by atoms with Gasteiger partial charge in [-0.05, 0) is 11.6 Å². The maximum Gasteiger partial charge on any atom is 0.352 e. The van der Waals surface area contributed by atoms with Crippen LogP contribution in [0.4, 0.5) is 5.13 Å². The van der Waals surface area contributed by atoms with Crippen LogP contribution in [0.25, 0.3) is 0 Å². The number of hydrogen-bond acceptors (Lipinski definition) is 13. The first kappa shape index (κ1) is 23.0. The van der Waals surface area contributed by atoms with Gasteiger partial charge in [-0.1, -0.05) is 5.16 Å². The topological polar surface area (TPSA) is 178 Å². The Bertz CT molecular complexity index is 1250.